The van der Waals surface area contributed by atoms with Gasteiger partial charge in [-0.3, -0.25) is 4.79 Å². The summed E-state index contributed by atoms with van der Waals surface area (Å²) in [4.78, 5) is 18.6. The van der Waals surface area contributed by atoms with Gasteiger partial charge in [0.15, 0.2) is 0 Å². The maximum absolute atomic E-state index is 12.1. The van der Waals surface area contributed by atoms with Gasteiger partial charge in [-0.15, -0.1) is 0 Å². The molecule has 4 nitrogen and oxygen atoms in total. The molecule has 0 bridgehead atoms. The molecule has 0 saturated heterocycles. The molecule has 0 spiro atoms. The Morgan fingerprint density at radius 2 is 2.14 bits per heavy atom. The van der Waals surface area contributed by atoms with Crippen LogP contribution in [0.25, 0.3) is 0 Å². The summed E-state index contributed by atoms with van der Waals surface area (Å²) in [6.07, 6.45) is 4.10. The minimum Gasteiger partial charge on any atom is -0.373 e. The van der Waals surface area contributed by atoms with Crippen molar-refractivity contribution in [2.45, 2.75) is 19.8 Å². The molecule has 0 saturated carbocycles. The van der Waals surface area contributed by atoms with Gasteiger partial charge < -0.3 is 10.2 Å². The summed E-state index contributed by atoms with van der Waals surface area (Å²) in [7, 11) is 2.05. The standard InChI is InChI=1S/C17H20BrN3O/c1-3-4-10-21(2)15-8-9-16(19-12-15)20-17(22)13-6-5-7-14(18)11-13/h5-9,11-12H,3-4,10H2,1-2H3,(H,19,20,22). The van der Waals surface area contributed by atoms with E-state index < -0.39 is 0 Å². The topological polar surface area (TPSA) is 45.2 Å². The van der Waals surface area contributed by atoms with Gasteiger partial charge in [-0.2, -0.15) is 0 Å². The fourth-order valence-electron chi connectivity index (χ4n) is 2.03. The monoisotopic (exact) mass is 361 g/mol. The van der Waals surface area contributed by atoms with Crippen LogP contribution in [-0.4, -0.2) is 24.5 Å². The van der Waals surface area contributed by atoms with Crippen LogP contribution < -0.4 is 10.2 Å². The third kappa shape index (κ3) is 4.56. The van der Waals surface area contributed by atoms with Crippen molar-refractivity contribution in [3.63, 3.8) is 0 Å². The number of anilines is 2. The molecule has 0 aliphatic rings. The number of unbranched alkanes of at least 4 members (excludes halogenated alkanes) is 1. The number of rotatable bonds is 6. The molecule has 1 heterocycles. The fraction of sp³-hybridized carbons (Fsp3) is 0.294. The molecular weight excluding hydrogens is 342 g/mol. The van der Waals surface area contributed by atoms with Crippen LogP contribution in [0.2, 0.25) is 0 Å². The molecule has 1 N–H and O–H groups in total. The number of pyridine rings is 1. The summed E-state index contributed by atoms with van der Waals surface area (Å²) < 4.78 is 0.876. The molecule has 0 atom stereocenters. The van der Waals surface area contributed by atoms with Crippen molar-refractivity contribution in [2.24, 2.45) is 0 Å². The Morgan fingerprint density at radius 1 is 1.32 bits per heavy atom. The van der Waals surface area contributed by atoms with E-state index in [1.54, 1.807) is 18.3 Å². The lowest BCUT2D eigenvalue weighted by Gasteiger charge is -2.18. The molecule has 22 heavy (non-hydrogen) atoms. The number of amides is 1. The third-order valence-corrected chi connectivity index (χ3v) is 3.86. The Balaban J connectivity index is 2.00. The lowest BCUT2D eigenvalue weighted by molar-refractivity contribution is 0.102. The van der Waals surface area contributed by atoms with Gasteiger partial charge in [-0.25, -0.2) is 4.98 Å². The van der Waals surface area contributed by atoms with Crippen molar-refractivity contribution in [3.05, 3.63) is 52.6 Å². The summed E-state index contributed by atoms with van der Waals surface area (Å²) in [5, 5.41) is 2.81. The van der Waals surface area contributed by atoms with E-state index in [-0.39, 0.29) is 5.91 Å². The van der Waals surface area contributed by atoms with Crippen molar-refractivity contribution >= 4 is 33.3 Å². The molecule has 2 aromatic rings. The average molecular weight is 362 g/mol. The Morgan fingerprint density at radius 3 is 2.77 bits per heavy atom. The maximum Gasteiger partial charge on any atom is 0.256 e. The number of halogens is 1. The molecule has 0 unspecified atom stereocenters. The van der Waals surface area contributed by atoms with Gasteiger partial charge in [0.1, 0.15) is 5.82 Å². The lowest BCUT2D eigenvalue weighted by Crippen LogP contribution is -2.19. The molecule has 1 aromatic heterocycles. The molecule has 0 radical (unpaired) electrons. The van der Waals surface area contributed by atoms with Gasteiger partial charge in [-0.1, -0.05) is 35.3 Å². The minimum atomic E-state index is -0.166. The first-order valence-electron chi connectivity index (χ1n) is 7.34. The Labute approximate surface area is 139 Å². The summed E-state index contributed by atoms with van der Waals surface area (Å²) >= 11 is 3.36. The van der Waals surface area contributed by atoms with Crippen molar-refractivity contribution in [2.75, 3.05) is 23.8 Å². The van der Waals surface area contributed by atoms with Gasteiger partial charge in [0.25, 0.3) is 5.91 Å². The van der Waals surface area contributed by atoms with Crippen molar-refractivity contribution in [1.82, 2.24) is 4.98 Å². The van der Waals surface area contributed by atoms with Crippen molar-refractivity contribution < 1.29 is 4.79 Å². The van der Waals surface area contributed by atoms with Crippen LogP contribution in [0.15, 0.2) is 47.1 Å². The number of nitrogens with zero attached hydrogens (tertiary/aromatic N) is 2. The van der Waals surface area contributed by atoms with Crippen molar-refractivity contribution in [1.29, 1.82) is 0 Å². The van der Waals surface area contributed by atoms with Crippen LogP contribution >= 0.6 is 15.9 Å². The van der Waals surface area contributed by atoms with Gasteiger partial charge in [0.2, 0.25) is 0 Å². The average Bonchev–Trinajstić information content (AvgIpc) is 2.53. The minimum absolute atomic E-state index is 0.166. The summed E-state index contributed by atoms with van der Waals surface area (Å²) in [5.41, 5.74) is 1.65. The lowest BCUT2D eigenvalue weighted by atomic mass is 10.2. The zero-order valence-corrected chi connectivity index (χ0v) is 14.4. The van der Waals surface area contributed by atoms with Gasteiger partial charge in [0.05, 0.1) is 11.9 Å². The molecule has 116 valence electrons. The number of nitrogens with one attached hydrogen (secondary N) is 1. The smallest absolute Gasteiger partial charge is 0.256 e. The van der Waals surface area contributed by atoms with E-state index in [1.165, 1.54) is 6.42 Å². The second kappa shape index (κ2) is 7.94. The van der Waals surface area contributed by atoms with Crippen LogP contribution in [0.1, 0.15) is 30.1 Å². The third-order valence-electron chi connectivity index (χ3n) is 3.36. The van der Waals surface area contributed by atoms with Gasteiger partial charge >= 0.3 is 0 Å². The predicted octanol–water partition coefficient (Wildman–Crippen LogP) is 4.33. The quantitative estimate of drug-likeness (QED) is 0.832. The summed E-state index contributed by atoms with van der Waals surface area (Å²) in [6, 6.07) is 11.1. The van der Waals surface area contributed by atoms with E-state index in [4.69, 9.17) is 0 Å². The second-order valence-electron chi connectivity index (χ2n) is 5.14. The normalized spacial score (nSPS) is 10.3. The zero-order valence-electron chi connectivity index (χ0n) is 12.8. The number of carbonyl (C=O) groups is 1. The number of hydrogen-bond donors (Lipinski definition) is 1. The van der Waals surface area contributed by atoms with Gasteiger partial charge in [0, 0.05) is 23.6 Å². The van der Waals surface area contributed by atoms with Crippen LogP contribution in [0.3, 0.4) is 0 Å². The van der Waals surface area contributed by atoms with Gasteiger partial charge in [-0.05, 0) is 36.8 Å². The number of carbonyl (C=O) groups excluding carboxylic acids is 1. The van der Waals surface area contributed by atoms with Crippen LogP contribution in [0.5, 0.6) is 0 Å². The molecule has 0 aliphatic carbocycles. The highest BCUT2D eigenvalue weighted by Crippen LogP contribution is 2.16. The summed E-state index contributed by atoms with van der Waals surface area (Å²) in [6.45, 7) is 3.18. The van der Waals surface area contributed by atoms with Crippen LogP contribution in [0, 0.1) is 0 Å². The van der Waals surface area contributed by atoms with Crippen LogP contribution in [-0.2, 0) is 0 Å². The zero-order chi connectivity index (χ0) is 15.9. The highest BCUT2D eigenvalue weighted by Gasteiger charge is 2.08. The van der Waals surface area contributed by atoms with E-state index in [1.807, 2.05) is 31.3 Å². The molecule has 2 rings (SSSR count). The summed E-state index contributed by atoms with van der Waals surface area (Å²) in [5.74, 6) is 0.388. The predicted molar refractivity (Wildman–Crippen MR) is 94.5 cm³/mol. The van der Waals surface area contributed by atoms with Crippen molar-refractivity contribution in [3.8, 4) is 0 Å². The highest BCUT2D eigenvalue weighted by molar-refractivity contribution is 9.10. The first kappa shape index (κ1) is 16.5. The first-order chi connectivity index (χ1) is 10.6. The molecule has 1 aromatic carbocycles. The van der Waals surface area contributed by atoms with E-state index in [2.05, 4.69) is 38.1 Å². The highest BCUT2D eigenvalue weighted by atomic mass is 79.9. The first-order valence-corrected chi connectivity index (χ1v) is 8.13. The Bertz CT molecular complexity index is 628. The Kier molecular flexibility index (Phi) is 5.95. The number of benzene rings is 1. The van der Waals surface area contributed by atoms with E-state index in [0.29, 0.717) is 11.4 Å². The van der Waals surface area contributed by atoms with E-state index >= 15 is 0 Å². The molecular formula is C17H20BrN3O. The molecule has 0 fully saturated rings. The molecule has 5 heteroatoms. The largest absolute Gasteiger partial charge is 0.373 e. The maximum atomic E-state index is 12.1. The number of aromatic nitrogens is 1. The van der Waals surface area contributed by atoms with E-state index in [9.17, 15) is 4.79 Å². The second-order valence-corrected chi connectivity index (χ2v) is 6.06. The Hall–Kier alpha value is -1.88. The van der Waals surface area contributed by atoms with E-state index in [0.717, 1.165) is 23.1 Å². The SMILES string of the molecule is CCCCN(C)c1ccc(NC(=O)c2cccc(Br)c2)nc1. The molecule has 0 aliphatic heterocycles. The number of hydrogen-bond acceptors (Lipinski definition) is 3. The fourth-order valence-corrected chi connectivity index (χ4v) is 2.43. The molecule has 1 amide bonds. The van der Waals surface area contributed by atoms with Crippen LogP contribution in [0.4, 0.5) is 11.5 Å².